The van der Waals surface area contributed by atoms with E-state index in [4.69, 9.17) is 1.37 Å². The highest BCUT2D eigenvalue weighted by molar-refractivity contribution is 9.10. The summed E-state index contributed by atoms with van der Waals surface area (Å²) in [6.07, 6.45) is 1.91. The third-order valence-electron chi connectivity index (χ3n) is 4.49. The van der Waals surface area contributed by atoms with Crippen LogP contribution in [0.1, 0.15) is 6.93 Å². The standard InChI is InChI=1S/C22H18BrNO2S2/c1-27-22-19-9-5-6-10-20(19)24(21(22)17-11-13-18(23)14-12-17)28(25,26)15-16-7-3-2-4-8-16/h2-14H,15H2,1H3/i9D. The third kappa shape index (κ3) is 3.52. The van der Waals surface area contributed by atoms with Crippen LogP contribution in [-0.2, 0) is 15.8 Å². The molecule has 0 aliphatic rings. The van der Waals surface area contributed by atoms with Crippen molar-refractivity contribution < 1.29 is 9.79 Å². The number of para-hydroxylation sites is 1. The zero-order valence-electron chi connectivity index (χ0n) is 16.1. The van der Waals surface area contributed by atoms with Gasteiger partial charge in [-0.1, -0.05) is 76.6 Å². The maximum Gasteiger partial charge on any atom is 0.243 e. The number of thioether (sulfide) groups is 1. The van der Waals surface area contributed by atoms with Gasteiger partial charge in [0.25, 0.3) is 0 Å². The first-order chi connectivity index (χ1) is 13.9. The molecule has 0 fully saturated rings. The number of aromatic nitrogens is 1. The smallest absolute Gasteiger partial charge is 0.236 e. The van der Waals surface area contributed by atoms with Crippen molar-refractivity contribution in [2.75, 3.05) is 6.26 Å². The van der Waals surface area contributed by atoms with Crippen molar-refractivity contribution in [2.45, 2.75) is 10.6 Å². The molecule has 0 radical (unpaired) electrons. The summed E-state index contributed by atoms with van der Waals surface area (Å²) >= 11 is 4.91. The molecule has 3 aromatic carbocycles. The normalized spacial score (nSPS) is 12.3. The molecule has 0 aliphatic heterocycles. The van der Waals surface area contributed by atoms with Crippen LogP contribution >= 0.6 is 27.7 Å². The largest absolute Gasteiger partial charge is 0.243 e. The van der Waals surface area contributed by atoms with Gasteiger partial charge in [0, 0.05) is 20.3 Å². The second-order valence-corrected chi connectivity index (χ2v) is 9.88. The molecule has 0 atom stereocenters. The Kier molecular flexibility index (Phi) is 5.01. The summed E-state index contributed by atoms with van der Waals surface area (Å²) in [5.41, 5.74) is 2.67. The van der Waals surface area contributed by atoms with Gasteiger partial charge in [-0.05, 0) is 30.0 Å². The molecular formula is C22H18BrNO2S2. The van der Waals surface area contributed by atoms with E-state index in [-0.39, 0.29) is 5.75 Å². The Hall–Kier alpha value is -2.02. The number of rotatable bonds is 5. The minimum atomic E-state index is -3.73. The SMILES string of the molecule is [2H]c1cccc2c1c(SC)c(-c1ccc(Br)cc1)n2S(=O)(=O)Cc1ccccc1. The molecule has 0 unspecified atom stereocenters. The lowest BCUT2D eigenvalue weighted by Gasteiger charge is -2.13. The first kappa shape index (κ1) is 18.0. The van der Waals surface area contributed by atoms with Gasteiger partial charge in [0.05, 0.1) is 18.3 Å². The molecule has 0 amide bonds. The topological polar surface area (TPSA) is 39.1 Å². The maximum absolute atomic E-state index is 13.6. The van der Waals surface area contributed by atoms with Crippen LogP contribution in [0.2, 0.25) is 0 Å². The summed E-state index contributed by atoms with van der Waals surface area (Å²) in [7, 11) is -3.73. The fraction of sp³-hybridized carbons (Fsp3) is 0.0909. The van der Waals surface area contributed by atoms with Gasteiger partial charge in [0.15, 0.2) is 0 Å². The number of hydrogen-bond acceptors (Lipinski definition) is 3. The molecule has 1 heterocycles. The van der Waals surface area contributed by atoms with E-state index in [0.29, 0.717) is 22.6 Å². The number of nitrogens with zero attached hydrogens (tertiary/aromatic N) is 1. The quantitative estimate of drug-likeness (QED) is 0.326. The van der Waals surface area contributed by atoms with E-state index in [1.54, 1.807) is 18.2 Å². The van der Waals surface area contributed by atoms with E-state index in [1.165, 1.54) is 15.7 Å². The summed E-state index contributed by atoms with van der Waals surface area (Å²) < 4.78 is 38.0. The lowest BCUT2D eigenvalue weighted by atomic mass is 10.1. The van der Waals surface area contributed by atoms with Gasteiger partial charge in [-0.3, -0.25) is 0 Å². The fourth-order valence-corrected chi connectivity index (χ4v) is 6.07. The number of halogens is 1. The third-order valence-corrected chi connectivity index (χ3v) is 7.46. The molecule has 0 bridgehead atoms. The Morgan fingerprint density at radius 3 is 2.36 bits per heavy atom. The highest BCUT2D eigenvalue weighted by Crippen LogP contribution is 2.41. The summed E-state index contributed by atoms with van der Waals surface area (Å²) in [6.45, 7) is 0. The monoisotopic (exact) mass is 472 g/mol. The van der Waals surface area contributed by atoms with E-state index in [2.05, 4.69) is 15.9 Å². The van der Waals surface area contributed by atoms with Gasteiger partial charge in [-0.25, -0.2) is 12.4 Å². The lowest BCUT2D eigenvalue weighted by molar-refractivity contribution is 0.588. The summed E-state index contributed by atoms with van der Waals surface area (Å²) in [6, 6.07) is 22.3. The van der Waals surface area contributed by atoms with Crippen molar-refractivity contribution in [2.24, 2.45) is 0 Å². The van der Waals surface area contributed by atoms with Crippen LogP contribution in [0.25, 0.3) is 22.2 Å². The van der Waals surface area contributed by atoms with Gasteiger partial charge < -0.3 is 0 Å². The first-order valence-corrected chi connectivity index (χ1v) is 12.3. The van der Waals surface area contributed by atoms with Crippen LogP contribution in [0.4, 0.5) is 0 Å². The molecule has 0 saturated heterocycles. The minimum absolute atomic E-state index is 0.114. The zero-order valence-corrected chi connectivity index (χ0v) is 18.3. The van der Waals surface area contributed by atoms with Gasteiger partial charge in [0.1, 0.15) is 0 Å². The highest BCUT2D eigenvalue weighted by atomic mass is 79.9. The summed E-state index contributed by atoms with van der Waals surface area (Å²) in [4.78, 5) is 0.796. The van der Waals surface area contributed by atoms with Crippen molar-refractivity contribution in [3.63, 3.8) is 0 Å². The van der Waals surface area contributed by atoms with Gasteiger partial charge in [-0.15, -0.1) is 11.8 Å². The van der Waals surface area contributed by atoms with Crippen LogP contribution in [-0.4, -0.2) is 18.6 Å². The Balaban J connectivity index is 2.05. The van der Waals surface area contributed by atoms with Crippen molar-refractivity contribution in [3.8, 4) is 11.3 Å². The predicted molar refractivity (Wildman–Crippen MR) is 121 cm³/mol. The molecule has 4 aromatic rings. The molecule has 6 heteroatoms. The van der Waals surface area contributed by atoms with Crippen LogP contribution in [0.15, 0.2) is 88.2 Å². The molecule has 3 nitrogen and oxygen atoms in total. The Morgan fingerprint density at radius 2 is 1.68 bits per heavy atom. The fourth-order valence-electron chi connectivity index (χ4n) is 3.30. The second kappa shape index (κ2) is 7.78. The summed E-state index contributed by atoms with van der Waals surface area (Å²) in [5, 5.41) is 0.662. The maximum atomic E-state index is 13.6. The molecule has 142 valence electrons. The number of benzene rings is 3. The molecule has 0 aliphatic carbocycles. The van der Waals surface area contributed by atoms with Gasteiger partial charge in [0.2, 0.25) is 10.0 Å². The van der Waals surface area contributed by atoms with E-state index in [1.807, 2.05) is 60.9 Å². The molecule has 0 N–H and O–H groups in total. The van der Waals surface area contributed by atoms with Crippen LogP contribution in [0.5, 0.6) is 0 Å². The Bertz CT molecular complexity index is 1280. The van der Waals surface area contributed by atoms with E-state index in [0.717, 1.165) is 20.5 Å². The van der Waals surface area contributed by atoms with Crippen molar-refractivity contribution in [3.05, 3.63) is 88.9 Å². The van der Waals surface area contributed by atoms with E-state index in [9.17, 15) is 8.42 Å². The molecule has 4 rings (SSSR count). The van der Waals surface area contributed by atoms with Gasteiger partial charge in [-0.2, -0.15) is 0 Å². The number of fused-ring (bicyclic) bond motifs is 1. The predicted octanol–water partition coefficient (Wildman–Crippen LogP) is 6.17. The van der Waals surface area contributed by atoms with Crippen LogP contribution < -0.4 is 0 Å². The molecule has 0 saturated carbocycles. The van der Waals surface area contributed by atoms with Crippen molar-refractivity contribution in [1.82, 2.24) is 3.97 Å². The van der Waals surface area contributed by atoms with Crippen LogP contribution in [0, 0.1) is 0 Å². The highest BCUT2D eigenvalue weighted by Gasteiger charge is 2.26. The minimum Gasteiger partial charge on any atom is -0.236 e. The van der Waals surface area contributed by atoms with Crippen LogP contribution in [0.3, 0.4) is 0 Å². The Morgan fingerprint density at radius 1 is 1.00 bits per heavy atom. The van der Waals surface area contributed by atoms with Gasteiger partial charge >= 0.3 is 0 Å². The lowest BCUT2D eigenvalue weighted by Crippen LogP contribution is -2.16. The second-order valence-electron chi connectivity index (χ2n) is 6.33. The van der Waals surface area contributed by atoms with Crippen molar-refractivity contribution >= 4 is 48.6 Å². The molecule has 0 spiro atoms. The molecular weight excluding hydrogens is 454 g/mol. The first-order valence-electron chi connectivity index (χ1n) is 9.13. The zero-order chi connectivity index (χ0) is 20.6. The molecule has 28 heavy (non-hydrogen) atoms. The molecule has 1 aromatic heterocycles. The average molecular weight is 473 g/mol. The number of hydrogen-bond donors (Lipinski definition) is 0. The van der Waals surface area contributed by atoms with E-state index < -0.39 is 10.0 Å². The Labute approximate surface area is 179 Å². The van der Waals surface area contributed by atoms with E-state index >= 15 is 0 Å². The summed E-state index contributed by atoms with van der Waals surface area (Å²) in [5.74, 6) is -0.114. The average Bonchev–Trinajstić information content (AvgIpc) is 3.05. The van der Waals surface area contributed by atoms with Crippen molar-refractivity contribution in [1.29, 1.82) is 0 Å².